The number of carbonyl (C=O) groups excluding carboxylic acids is 1. The van der Waals surface area contributed by atoms with E-state index in [0.29, 0.717) is 18.5 Å². The van der Waals surface area contributed by atoms with Gasteiger partial charge in [-0.05, 0) is 18.8 Å². The van der Waals surface area contributed by atoms with Gasteiger partial charge >= 0.3 is 6.03 Å². The summed E-state index contributed by atoms with van der Waals surface area (Å²) in [5, 5.41) is 11.8. The van der Waals surface area contributed by atoms with Crippen molar-refractivity contribution >= 4 is 6.03 Å². The molecule has 0 radical (unpaired) electrons. The number of amides is 2. The highest BCUT2D eigenvalue weighted by Gasteiger charge is 2.34. The van der Waals surface area contributed by atoms with Crippen LogP contribution in [0.3, 0.4) is 0 Å². The average molecular weight is 198 g/mol. The first-order chi connectivity index (χ1) is 6.81. The second-order valence-corrected chi connectivity index (χ2v) is 4.27. The molecule has 2 unspecified atom stereocenters. The van der Waals surface area contributed by atoms with Crippen molar-refractivity contribution in [2.75, 3.05) is 19.7 Å². The van der Waals surface area contributed by atoms with Crippen LogP contribution in [-0.4, -0.2) is 41.8 Å². The smallest absolute Gasteiger partial charge is 0.317 e. The van der Waals surface area contributed by atoms with Crippen molar-refractivity contribution in [3.8, 4) is 0 Å². The van der Waals surface area contributed by atoms with E-state index in [1.165, 1.54) is 19.3 Å². The van der Waals surface area contributed by atoms with Crippen LogP contribution >= 0.6 is 0 Å². The fraction of sp³-hybridized carbons (Fsp3) is 0.900. The third-order valence-corrected chi connectivity index (χ3v) is 3.33. The SMILES string of the molecule is O=C1NC2CCCCC2CN1CCO. The zero-order valence-electron chi connectivity index (χ0n) is 8.41. The quantitative estimate of drug-likeness (QED) is 0.681. The number of nitrogens with zero attached hydrogens (tertiary/aromatic N) is 1. The van der Waals surface area contributed by atoms with E-state index in [1.54, 1.807) is 4.90 Å². The Morgan fingerprint density at radius 1 is 1.43 bits per heavy atom. The van der Waals surface area contributed by atoms with Gasteiger partial charge in [0.25, 0.3) is 0 Å². The van der Waals surface area contributed by atoms with Gasteiger partial charge in [-0.25, -0.2) is 4.79 Å². The summed E-state index contributed by atoms with van der Waals surface area (Å²) in [6, 6.07) is 0.397. The summed E-state index contributed by atoms with van der Waals surface area (Å²) in [5.74, 6) is 0.605. The van der Waals surface area contributed by atoms with Gasteiger partial charge in [0.05, 0.1) is 6.61 Å². The average Bonchev–Trinajstić information content (AvgIpc) is 2.19. The van der Waals surface area contributed by atoms with E-state index >= 15 is 0 Å². The Bertz CT molecular complexity index is 220. The van der Waals surface area contributed by atoms with E-state index in [-0.39, 0.29) is 12.6 Å². The lowest BCUT2D eigenvalue weighted by molar-refractivity contribution is 0.113. The lowest BCUT2D eigenvalue weighted by Crippen LogP contribution is -2.58. The Balaban J connectivity index is 1.96. The van der Waals surface area contributed by atoms with Gasteiger partial charge in [-0.1, -0.05) is 12.8 Å². The van der Waals surface area contributed by atoms with Crippen molar-refractivity contribution in [1.82, 2.24) is 10.2 Å². The second-order valence-electron chi connectivity index (χ2n) is 4.27. The van der Waals surface area contributed by atoms with Crippen molar-refractivity contribution in [2.45, 2.75) is 31.7 Å². The summed E-state index contributed by atoms with van der Waals surface area (Å²) in [5.41, 5.74) is 0. The molecule has 0 spiro atoms. The Kier molecular flexibility index (Phi) is 2.91. The molecule has 4 heteroatoms. The maximum absolute atomic E-state index is 11.5. The number of hydrogen-bond acceptors (Lipinski definition) is 2. The zero-order chi connectivity index (χ0) is 9.97. The molecule has 2 atom stereocenters. The van der Waals surface area contributed by atoms with E-state index < -0.39 is 0 Å². The van der Waals surface area contributed by atoms with Gasteiger partial charge in [0.15, 0.2) is 0 Å². The minimum atomic E-state index is 0.00204. The molecule has 0 aromatic carbocycles. The summed E-state index contributed by atoms with van der Waals surface area (Å²) in [4.78, 5) is 13.3. The third-order valence-electron chi connectivity index (χ3n) is 3.33. The van der Waals surface area contributed by atoms with Gasteiger partial charge in [-0.2, -0.15) is 0 Å². The predicted molar refractivity (Wildman–Crippen MR) is 52.9 cm³/mol. The molecule has 0 bridgehead atoms. The Morgan fingerprint density at radius 3 is 3.00 bits per heavy atom. The molecule has 1 saturated heterocycles. The number of carbonyl (C=O) groups is 1. The zero-order valence-corrected chi connectivity index (χ0v) is 8.41. The Labute approximate surface area is 84.3 Å². The molecule has 2 amide bonds. The van der Waals surface area contributed by atoms with Crippen LogP contribution in [0.4, 0.5) is 4.79 Å². The molecule has 0 aromatic heterocycles. The highest BCUT2D eigenvalue weighted by Crippen LogP contribution is 2.27. The summed E-state index contributed by atoms with van der Waals surface area (Å²) in [6.07, 6.45) is 4.86. The van der Waals surface area contributed by atoms with Crippen LogP contribution in [-0.2, 0) is 0 Å². The summed E-state index contributed by atoms with van der Waals surface area (Å²) < 4.78 is 0. The van der Waals surface area contributed by atoms with E-state index in [2.05, 4.69) is 5.32 Å². The topological polar surface area (TPSA) is 52.6 Å². The molecule has 2 N–H and O–H groups in total. The largest absolute Gasteiger partial charge is 0.395 e. The Hall–Kier alpha value is -0.770. The molecular formula is C10H18N2O2. The van der Waals surface area contributed by atoms with Crippen LogP contribution in [0.25, 0.3) is 0 Å². The van der Waals surface area contributed by atoms with Gasteiger partial charge in [0.2, 0.25) is 0 Å². The number of nitrogens with one attached hydrogen (secondary N) is 1. The number of β-amino-alcohol motifs (C(OH)–C–C–N with tert-alkyl or cyclic N) is 1. The molecule has 2 fully saturated rings. The van der Waals surface area contributed by atoms with E-state index in [0.717, 1.165) is 13.0 Å². The number of rotatable bonds is 2. The highest BCUT2D eigenvalue weighted by molar-refractivity contribution is 5.75. The third kappa shape index (κ3) is 1.85. The monoisotopic (exact) mass is 198 g/mol. The predicted octanol–water partition coefficient (Wildman–Crippen LogP) is 0.563. The van der Waals surface area contributed by atoms with E-state index in [9.17, 15) is 4.79 Å². The summed E-state index contributed by atoms with van der Waals surface area (Å²) in [6.45, 7) is 1.36. The number of fused-ring (bicyclic) bond motifs is 1. The lowest BCUT2D eigenvalue weighted by atomic mass is 9.83. The highest BCUT2D eigenvalue weighted by atomic mass is 16.3. The van der Waals surface area contributed by atoms with Gasteiger partial charge in [-0.3, -0.25) is 0 Å². The molecule has 1 aliphatic carbocycles. The fourth-order valence-electron chi connectivity index (χ4n) is 2.55. The number of aliphatic hydroxyl groups is 1. The van der Waals surface area contributed by atoms with Gasteiger partial charge in [0, 0.05) is 19.1 Å². The van der Waals surface area contributed by atoms with Crippen LogP contribution in [0, 0.1) is 5.92 Å². The van der Waals surface area contributed by atoms with E-state index in [4.69, 9.17) is 5.11 Å². The number of urea groups is 1. The van der Waals surface area contributed by atoms with E-state index in [1.807, 2.05) is 0 Å². The summed E-state index contributed by atoms with van der Waals surface area (Å²) >= 11 is 0. The van der Waals surface area contributed by atoms with Crippen LogP contribution in [0.5, 0.6) is 0 Å². The molecule has 0 aromatic rings. The van der Waals surface area contributed by atoms with Gasteiger partial charge < -0.3 is 15.3 Å². The first-order valence-corrected chi connectivity index (χ1v) is 5.47. The van der Waals surface area contributed by atoms with Crippen LogP contribution in [0.15, 0.2) is 0 Å². The normalized spacial score (nSPS) is 32.4. The molecule has 14 heavy (non-hydrogen) atoms. The summed E-state index contributed by atoms with van der Waals surface area (Å²) in [7, 11) is 0. The number of hydrogen-bond donors (Lipinski definition) is 2. The second kappa shape index (κ2) is 4.17. The molecule has 1 heterocycles. The molecule has 1 aliphatic heterocycles. The van der Waals surface area contributed by atoms with Crippen molar-refractivity contribution in [1.29, 1.82) is 0 Å². The number of aliphatic hydroxyl groups excluding tert-OH is 1. The first kappa shape index (κ1) is 9.77. The minimum Gasteiger partial charge on any atom is -0.395 e. The maximum atomic E-state index is 11.5. The molecular weight excluding hydrogens is 180 g/mol. The van der Waals surface area contributed by atoms with Crippen molar-refractivity contribution in [2.24, 2.45) is 5.92 Å². The van der Waals surface area contributed by atoms with Crippen molar-refractivity contribution in [3.05, 3.63) is 0 Å². The molecule has 80 valence electrons. The minimum absolute atomic E-state index is 0.00204. The van der Waals surface area contributed by atoms with Crippen molar-refractivity contribution < 1.29 is 9.90 Å². The maximum Gasteiger partial charge on any atom is 0.317 e. The molecule has 1 saturated carbocycles. The van der Waals surface area contributed by atoms with Gasteiger partial charge in [0.1, 0.15) is 0 Å². The first-order valence-electron chi connectivity index (χ1n) is 5.47. The standard InChI is InChI=1S/C10H18N2O2/c13-6-5-12-7-8-3-1-2-4-9(8)11-10(12)14/h8-9,13H,1-7H2,(H,11,14). The molecule has 2 rings (SSSR count). The van der Waals surface area contributed by atoms with Crippen molar-refractivity contribution in [3.63, 3.8) is 0 Å². The molecule has 4 nitrogen and oxygen atoms in total. The van der Waals surface area contributed by atoms with Gasteiger partial charge in [-0.15, -0.1) is 0 Å². The van der Waals surface area contributed by atoms with Crippen LogP contribution in [0.2, 0.25) is 0 Å². The Morgan fingerprint density at radius 2 is 2.21 bits per heavy atom. The van der Waals surface area contributed by atoms with Crippen LogP contribution < -0.4 is 5.32 Å². The lowest BCUT2D eigenvalue weighted by Gasteiger charge is -2.41. The fourth-order valence-corrected chi connectivity index (χ4v) is 2.55. The molecule has 2 aliphatic rings. The van der Waals surface area contributed by atoms with Crippen LogP contribution in [0.1, 0.15) is 25.7 Å².